The largest absolute Gasteiger partial charge is 0.324 e. The quantitative estimate of drug-likeness (QED) is 0.916. The van der Waals surface area contributed by atoms with Crippen LogP contribution < -0.4 is 5.73 Å². The van der Waals surface area contributed by atoms with Crippen LogP contribution in [0.15, 0.2) is 22.7 Å². The van der Waals surface area contributed by atoms with Crippen molar-refractivity contribution in [1.29, 1.82) is 0 Å². The summed E-state index contributed by atoms with van der Waals surface area (Å²) in [4.78, 5) is 0. The summed E-state index contributed by atoms with van der Waals surface area (Å²) in [5, 5.41) is 8.19. The Morgan fingerprint density at radius 1 is 1.31 bits per heavy atom. The van der Waals surface area contributed by atoms with Gasteiger partial charge in [0.05, 0.1) is 6.54 Å². The van der Waals surface area contributed by atoms with E-state index in [9.17, 15) is 0 Å². The van der Waals surface area contributed by atoms with Gasteiger partial charge in [0, 0.05) is 17.1 Å². The highest BCUT2D eigenvalue weighted by atomic mass is 79.9. The molecule has 2 N–H and O–H groups in total. The van der Waals surface area contributed by atoms with Gasteiger partial charge in [-0.15, -0.1) is 10.2 Å². The molecular weight excluding hydrogens is 268 g/mol. The molecule has 0 amide bonds. The van der Waals surface area contributed by atoms with Gasteiger partial charge in [-0.3, -0.25) is 0 Å². The lowest BCUT2D eigenvalue weighted by Gasteiger charge is -2.04. The van der Waals surface area contributed by atoms with Crippen molar-refractivity contribution in [2.75, 3.05) is 0 Å². The normalized spacial score (nSPS) is 10.8. The minimum absolute atomic E-state index is 0.399. The highest BCUT2D eigenvalue weighted by Crippen LogP contribution is 2.23. The van der Waals surface area contributed by atoms with Crippen LogP contribution in [0.4, 0.5) is 0 Å². The van der Waals surface area contributed by atoms with Gasteiger partial charge in [-0.2, -0.15) is 0 Å². The molecule has 1 heterocycles. The first-order valence-electron chi connectivity index (χ1n) is 4.97. The predicted molar refractivity (Wildman–Crippen MR) is 66.8 cm³/mol. The molecule has 4 nitrogen and oxygen atoms in total. The third-order valence-electron chi connectivity index (χ3n) is 2.45. The highest BCUT2D eigenvalue weighted by molar-refractivity contribution is 9.10. The van der Waals surface area contributed by atoms with Crippen molar-refractivity contribution < 1.29 is 0 Å². The van der Waals surface area contributed by atoms with Crippen LogP contribution in [0.2, 0.25) is 0 Å². The first kappa shape index (κ1) is 11.3. The Labute approximate surface area is 103 Å². The molecule has 0 atom stereocenters. The number of aryl methyl sites for hydroxylation is 1. The summed E-state index contributed by atoms with van der Waals surface area (Å²) in [6.45, 7) is 2.45. The van der Waals surface area contributed by atoms with E-state index in [0.717, 1.165) is 21.7 Å². The van der Waals surface area contributed by atoms with E-state index in [1.54, 1.807) is 0 Å². The van der Waals surface area contributed by atoms with E-state index in [1.165, 1.54) is 5.56 Å². The molecule has 16 heavy (non-hydrogen) atoms. The molecule has 0 unspecified atom stereocenters. The van der Waals surface area contributed by atoms with E-state index in [2.05, 4.69) is 45.2 Å². The predicted octanol–water partition coefficient (Wildman–Crippen LogP) is 2.01. The van der Waals surface area contributed by atoms with Crippen molar-refractivity contribution in [2.45, 2.75) is 13.5 Å². The SMILES string of the molecule is Cc1cc(Br)cc(-c2nnc(CN)n2C)c1. The number of hydrogen-bond donors (Lipinski definition) is 1. The molecule has 5 heteroatoms. The summed E-state index contributed by atoms with van der Waals surface area (Å²) >= 11 is 3.48. The fraction of sp³-hybridized carbons (Fsp3) is 0.273. The molecule has 84 valence electrons. The molecule has 0 saturated heterocycles. The van der Waals surface area contributed by atoms with Crippen LogP contribution in [0.5, 0.6) is 0 Å². The Bertz CT molecular complexity index is 498. The van der Waals surface area contributed by atoms with Crippen molar-refractivity contribution >= 4 is 15.9 Å². The summed E-state index contributed by atoms with van der Waals surface area (Å²) in [5.41, 5.74) is 7.79. The summed E-state index contributed by atoms with van der Waals surface area (Å²) in [7, 11) is 1.92. The molecule has 0 aliphatic heterocycles. The van der Waals surface area contributed by atoms with Crippen LogP contribution in [0.3, 0.4) is 0 Å². The standard InChI is InChI=1S/C11H13BrN4/c1-7-3-8(5-9(12)4-7)11-15-14-10(6-13)16(11)2/h3-5H,6,13H2,1-2H3. The van der Waals surface area contributed by atoms with Crippen molar-refractivity contribution in [3.05, 3.63) is 34.1 Å². The first-order valence-corrected chi connectivity index (χ1v) is 5.77. The summed E-state index contributed by atoms with van der Waals surface area (Å²) in [6, 6.07) is 6.16. The minimum Gasteiger partial charge on any atom is -0.324 e. The van der Waals surface area contributed by atoms with E-state index < -0.39 is 0 Å². The van der Waals surface area contributed by atoms with E-state index in [0.29, 0.717) is 6.54 Å². The summed E-state index contributed by atoms with van der Waals surface area (Å²) in [6.07, 6.45) is 0. The lowest BCUT2D eigenvalue weighted by molar-refractivity contribution is 0.797. The molecule has 1 aromatic carbocycles. The van der Waals surface area contributed by atoms with Gasteiger partial charge < -0.3 is 10.3 Å². The Kier molecular flexibility index (Phi) is 3.07. The number of nitrogens with zero attached hydrogens (tertiary/aromatic N) is 3. The van der Waals surface area contributed by atoms with Gasteiger partial charge >= 0.3 is 0 Å². The van der Waals surface area contributed by atoms with E-state index in [4.69, 9.17) is 5.73 Å². The summed E-state index contributed by atoms with van der Waals surface area (Å²) < 4.78 is 2.96. The van der Waals surface area contributed by atoms with Crippen molar-refractivity contribution in [1.82, 2.24) is 14.8 Å². The van der Waals surface area contributed by atoms with Crippen LogP contribution in [-0.4, -0.2) is 14.8 Å². The average Bonchev–Trinajstić information content (AvgIpc) is 2.58. The van der Waals surface area contributed by atoms with Gasteiger partial charge in [0.15, 0.2) is 5.82 Å². The average molecular weight is 281 g/mol. The van der Waals surface area contributed by atoms with Gasteiger partial charge in [-0.1, -0.05) is 15.9 Å². The second kappa shape index (κ2) is 4.35. The molecule has 0 aliphatic carbocycles. The summed E-state index contributed by atoms with van der Waals surface area (Å²) in [5.74, 6) is 1.62. The number of aromatic nitrogens is 3. The molecule has 2 aromatic rings. The highest BCUT2D eigenvalue weighted by Gasteiger charge is 2.10. The monoisotopic (exact) mass is 280 g/mol. The number of hydrogen-bond acceptors (Lipinski definition) is 3. The van der Waals surface area contributed by atoms with Crippen LogP contribution in [0.25, 0.3) is 11.4 Å². The van der Waals surface area contributed by atoms with Crippen molar-refractivity contribution in [2.24, 2.45) is 12.8 Å². The van der Waals surface area contributed by atoms with Gasteiger partial charge in [0.2, 0.25) is 0 Å². The van der Waals surface area contributed by atoms with E-state index in [1.807, 2.05) is 17.7 Å². The van der Waals surface area contributed by atoms with Crippen LogP contribution in [0, 0.1) is 6.92 Å². The van der Waals surface area contributed by atoms with E-state index in [-0.39, 0.29) is 0 Å². The fourth-order valence-electron chi connectivity index (χ4n) is 1.66. The lowest BCUT2D eigenvalue weighted by atomic mass is 10.1. The molecule has 2 rings (SSSR count). The zero-order valence-electron chi connectivity index (χ0n) is 9.24. The van der Waals surface area contributed by atoms with Crippen LogP contribution in [-0.2, 0) is 13.6 Å². The molecule has 0 bridgehead atoms. The van der Waals surface area contributed by atoms with Gasteiger partial charge in [0.1, 0.15) is 5.82 Å². The Morgan fingerprint density at radius 3 is 2.62 bits per heavy atom. The number of rotatable bonds is 2. The Morgan fingerprint density at radius 2 is 2.06 bits per heavy atom. The Balaban J connectivity index is 2.54. The maximum absolute atomic E-state index is 5.57. The zero-order chi connectivity index (χ0) is 11.7. The molecule has 1 aromatic heterocycles. The second-order valence-electron chi connectivity index (χ2n) is 3.72. The number of benzene rings is 1. The molecule has 0 aliphatic rings. The fourth-order valence-corrected chi connectivity index (χ4v) is 2.26. The van der Waals surface area contributed by atoms with Crippen molar-refractivity contribution in [3.63, 3.8) is 0 Å². The zero-order valence-corrected chi connectivity index (χ0v) is 10.8. The maximum atomic E-state index is 5.57. The number of nitrogens with two attached hydrogens (primary N) is 1. The van der Waals surface area contributed by atoms with Gasteiger partial charge in [-0.05, 0) is 30.7 Å². The number of halogens is 1. The van der Waals surface area contributed by atoms with Gasteiger partial charge in [-0.25, -0.2) is 0 Å². The molecule has 0 saturated carbocycles. The Hall–Kier alpha value is -1.20. The van der Waals surface area contributed by atoms with Crippen LogP contribution >= 0.6 is 15.9 Å². The minimum atomic E-state index is 0.399. The maximum Gasteiger partial charge on any atom is 0.163 e. The van der Waals surface area contributed by atoms with Crippen LogP contribution in [0.1, 0.15) is 11.4 Å². The molecule has 0 fully saturated rings. The first-order chi connectivity index (χ1) is 7.61. The second-order valence-corrected chi connectivity index (χ2v) is 4.64. The smallest absolute Gasteiger partial charge is 0.163 e. The van der Waals surface area contributed by atoms with Gasteiger partial charge in [0.25, 0.3) is 0 Å². The van der Waals surface area contributed by atoms with Crippen molar-refractivity contribution in [3.8, 4) is 11.4 Å². The third-order valence-corrected chi connectivity index (χ3v) is 2.91. The van der Waals surface area contributed by atoms with E-state index >= 15 is 0 Å². The molecule has 0 radical (unpaired) electrons. The molecular formula is C11H13BrN4. The lowest BCUT2D eigenvalue weighted by Crippen LogP contribution is -2.05. The molecule has 0 spiro atoms. The topological polar surface area (TPSA) is 56.7 Å². The third kappa shape index (κ3) is 2.01.